The van der Waals surface area contributed by atoms with Gasteiger partial charge < -0.3 is 10.1 Å². The SMILES string of the molecule is CCNC(=C(Br)C(=NC)Oc1ccc(C(F)(F)F)cc1)c1cccc(C2(NS(=O)(=O)CC(F)(F)F)CC2)c1. The second kappa shape index (κ2) is 11.3. The van der Waals surface area contributed by atoms with Gasteiger partial charge in [-0.25, -0.2) is 13.1 Å². The van der Waals surface area contributed by atoms with Crippen LogP contribution in [0.15, 0.2) is 58.0 Å². The molecular formula is C24H24BrF6N3O3S. The first-order valence-corrected chi connectivity index (χ1v) is 13.7. The summed E-state index contributed by atoms with van der Waals surface area (Å²) < 4.78 is 109. The monoisotopic (exact) mass is 627 g/mol. The van der Waals surface area contributed by atoms with Gasteiger partial charge in [-0.2, -0.15) is 26.3 Å². The number of sulfonamides is 1. The molecule has 0 unspecified atom stereocenters. The van der Waals surface area contributed by atoms with Crippen molar-refractivity contribution in [3.8, 4) is 5.75 Å². The van der Waals surface area contributed by atoms with Gasteiger partial charge in [-0.15, -0.1) is 0 Å². The lowest BCUT2D eigenvalue weighted by Crippen LogP contribution is -2.40. The summed E-state index contributed by atoms with van der Waals surface area (Å²) in [5.74, 6) is -1.83. The summed E-state index contributed by atoms with van der Waals surface area (Å²) in [5, 5.41) is 3.14. The molecule has 38 heavy (non-hydrogen) atoms. The minimum atomic E-state index is -4.88. The number of nitrogens with one attached hydrogen (secondary N) is 2. The van der Waals surface area contributed by atoms with Crippen LogP contribution in [0.5, 0.6) is 5.75 Å². The number of rotatable bonds is 9. The molecule has 2 aromatic rings. The van der Waals surface area contributed by atoms with E-state index in [0.717, 1.165) is 24.3 Å². The van der Waals surface area contributed by atoms with E-state index in [1.165, 1.54) is 7.05 Å². The molecule has 0 heterocycles. The van der Waals surface area contributed by atoms with E-state index in [-0.39, 0.29) is 11.6 Å². The molecule has 1 aliphatic carbocycles. The summed E-state index contributed by atoms with van der Waals surface area (Å²) in [7, 11) is -3.20. The van der Waals surface area contributed by atoms with Crippen molar-refractivity contribution in [2.75, 3.05) is 19.3 Å². The van der Waals surface area contributed by atoms with Gasteiger partial charge in [0.2, 0.25) is 15.9 Å². The highest BCUT2D eigenvalue weighted by atomic mass is 79.9. The van der Waals surface area contributed by atoms with Crippen LogP contribution in [-0.4, -0.2) is 39.8 Å². The van der Waals surface area contributed by atoms with Crippen LogP contribution in [0.3, 0.4) is 0 Å². The van der Waals surface area contributed by atoms with Gasteiger partial charge in [-0.1, -0.05) is 18.2 Å². The van der Waals surface area contributed by atoms with E-state index in [1.54, 1.807) is 24.3 Å². The molecule has 0 amide bonds. The molecule has 2 N–H and O–H groups in total. The fourth-order valence-electron chi connectivity index (χ4n) is 3.70. The minimum Gasteiger partial charge on any atom is -0.438 e. The van der Waals surface area contributed by atoms with E-state index in [4.69, 9.17) is 4.74 Å². The van der Waals surface area contributed by atoms with Crippen LogP contribution in [0.4, 0.5) is 26.3 Å². The Morgan fingerprint density at radius 3 is 2.21 bits per heavy atom. The molecule has 0 atom stereocenters. The normalized spacial score (nSPS) is 16.6. The second-order valence-electron chi connectivity index (χ2n) is 8.51. The van der Waals surface area contributed by atoms with Crippen molar-refractivity contribution in [3.63, 3.8) is 0 Å². The molecular weight excluding hydrogens is 604 g/mol. The van der Waals surface area contributed by atoms with E-state index < -0.39 is 39.2 Å². The highest BCUT2D eigenvalue weighted by Crippen LogP contribution is 2.47. The van der Waals surface area contributed by atoms with Gasteiger partial charge in [0.15, 0.2) is 5.75 Å². The zero-order chi connectivity index (χ0) is 28.4. The quantitative estimate of drug-likeness (QED) is 0.204. The van der Waals surface area contributed by atoms with Crippen molar-refractivity contribution >= 4 is 37.5 Å². The minimum absolute atomic E-state index is 0.0399. The fraction of sp³-hybridized carbons (Fsp3) is 0.375. The number of benzene rings is 2. The lowest BCUT2D eigenvalue weighted by atomic mass is 10.0. The largest absolute Gasteiger partial charge is 0.438 e. The van der Waals surface area contributed by atoms with Gasteiger partial charge >= 0.3 is 12.4 Å². The molecule has 0 bridgehead atoms. The number of ether oxygens (including phenoxy) is 1. The Bertz CT molecular complexity index is 1320. The van der Waals surface area contributed by atoms with Crippen LogP contribution in [0, 0.1) is 0 Å². The van der Waals surface area contributed by atoms with Crippen LogP contribution in [0.2, 0.25) is 0 Å². The molecule has 14 heteroatoms. The summed E-state index contributed by atoms with van der Waals surface area (Å²) >= 11 is 3.43. The van der Waals surface area contributed by atoms with Crippen LogP contribution < -0.4 is 14.8 Å². The zero-order valence-corrected chi connectivity index (χ0v) is 22.6. The standard InChI is InChI=1S/C24H24BrF6N3O3S/c1-3-33-20(19(25)21(32-2)37-18-9-7-16(8-10-18)24(29,30)31)15-5-4-6-17(13-15)22(11-12-22)34-38(35,36)14-23(26,27)28/h4-10,13,33-34H,3,11-12,14H2,1-2H3. The molecule has 208 valence electrons. The van der Waals surface area contributed by atoms with Crippen molar-refractivity contribution < 1.29 is 39.5 Å². The average molecular weight is 628 g/mol. The van der Waals surface area contributed by atoms with Gasteiger partial charge in [-0.3, -0.25) is 4.99 Å². The van der Waals surface area contributed by atoms with E-state index in [0.29, 0.717) is 40.7 Å². The summed E-state index contributed by atoms with van der Waals surface area (Å²) in [6.45, 7) is 2.26. The Morgan fingerprint density at radius 2 is 1.71 bits per heavy atom. The van der Waals surface area contributed by atoms with Crippen LogP contribution in [-0.2, 0) is 21.7 Å². The summed E-state index contributed by atoms with van der Waals surface area (Å²) in [5.41, 5.74) is -0.484. The maximum absolute atomic E-state index is 12.9. The molecule has 1 fully saturated rings. The van der Waals surface area contributed by atoms with Gasteiger partial charge in [0, 0.05) is 13.6 Å². The van der Waals surface area contributed by atoms with Crippen molar-refractivity contribution in [1.82, 2.24) is 10.0 Å². The molecule has 0 saturated heterocycles. The molecule has 0 spiro atoms. The molecule has 0 radical (unpaired) electrons. The Morgan fingerprint density at radius 1 is 1.08 bits per heavy atom. The number of nitrogens with zero attached hydrogens (tertiary/aromatic N) is 1. The number of hydrogen-bond donors (Lipinski definition) is 2. The van der Waals surface area contributed by atoms with Crippen LogP contribution in [0.1, 0.15) is 36.5 Å². The highest BCUT2D eigenvalue weighted by Gasteiger charge is 2.49. The molecule has 1 aliphatic rings. The Kier molecular flexibility index (Phi) is 8.88. The van der Waals surface area contributed by atoms with Crippen LogP contribution in [0.25, 0.3) is 5.70 Å². The Hall–Kier alpha value is -2.58. The third-order valence-corrected chi connectivity index (χ3v) is 7.66. The number of alkyl halides is 6. The smallest absolute Gasteiger partial charge is 0.416 e. The molecule has 0 aromatic heterocycles. The molecule has 2 aromatic carbocycles. The first-order chi connectivity index (χ1) is 17.6. The molecule has 1 saturated carbocycles. The van der Waals surface area contributed by atoms with Gasteiger partial charge in [-0.05, 0) is 77.2 Å². The molecule has 6 nitrogen and oxygen atoms in total. The van der Waals surface area contributed by atoms with Crippen molar-refractivity contribution in [1.29, 1.82) is 0 Å². The second-order valence-corrected chi connectivity index (χ2v) is 11.0. The van der Waals surface area contributed by atoms with Gasteiger partial charge in [0.05, 0.1) is 16.8 Å². The highest BCUT2D eigenvalue weighted by molar-refractivity contribution is 9.12. The van der Waals surface area contributed by atoms with Gasteiger partial charge in [0.25, 0.3) is 0 Å². The predicted molar refractivity (Wildman–Crippen MR) is 135 cm³/mol. The zero-order valence-electron chi connectivity index (χ0n) is 20.2. The van der Waals surface area contributed by atoms with Crippen molar-refractivity contribution in [3.05, 3.63) is 69.7 Å². The fourth-order valence-corrected chi connectivity index (χ4v) is 5.75. The summed E-state index contributed by atoms with van der Waals surface area (Å²) in [6.07, 6.45) is -8.72. The van der Waals surface area contributed by atoms with E-state index in [9.17, 15) is 34.8 Å². The lowest BCUT2D eigenvalue weighted by Gasteiger charge is -2.21. The van der Waals surface area contributed by atoms with E-state index in [2.05, 4.69) is 31.0 Å². The van der Waals surface area contributed by atoms with Crippen molar-refractivity contribution in [2.45, 2.75) is 37.7 Å². The van der Waals surface area contributed by atoms with Crippen molar-refractivity contribution in [2.24, 2.45) is 4.99 Å². The third-order valence-electron chi connectivity index (χ3n) is 5.52. The molecule has 3 rings (SSSR count). The maximum atomic E-state index is 12.9. The van der Waals surface area contributed by atoms with Gasteiger partial charge in [0.1, 0.15) is 10.2 Å². The predicted octanol–water partition coefficient (Wildman–Crippen LogP) is 5.96. The summed E-state index contributed by atoms with van der Waals surface area (Å²) in [6, 6.07) is 10.7. The Balaban J connectivity index is 1.92. The summed E-state index contributed by atoms with van der Waals surface area (Å²) in [4.78, 5) is 4.08. The number of halogens is 7. The molecule has 0 aliphatic heterocycles. The van der Waals surface area contributed by atoms with E-state index in [1.807, 2.05) is 6.92 Å². The topological polar surface area (TPSA) is 79.8 Å². The maximum Gasteiger partial charge on any atom is 0.416 e. The number of hydrogen-bond acceptors (Lipinski definition) is 5. The van der Waals surface area contributed by atoms with Crippen LogP contribution >= 0.6 is 15.9 Å². The first-order valence-electron chi connectivity index (χ1n) is 11.2. The van der Waals surface area contributed by atoms with E-state index >= 15 is 0 Å². The lowest BCUT2D eigenvalue weighted by molar-refractivity contribution is -0.137. The average Bonchev–Trinajstić information content (AvgIpc) is 3.58. The third kappa shape index (κ3) is 7.73. The Labute approximate surface area is 224 Å². The number of aliphatic imine (C=N–C) groups is 1. The first kappa shape index (κ1) is 30.0.